The van der Waals surface area contributed by atoms with Crippen LogP contribution in [-0.4, -0.2) is 24.8 Å². The van der Waals surface area contributed by atoms with Gasteiger partial charge in [-0.15, -0.1) is 0 Å². The van der Waals surface area contributed by atoms with Crippen molar-refractivity contribution < 1.29 is 4.74 Å². The predicted octanol–water partition coefficient (Wildman–Crippen LogP) is 4.78. The minimum Gasteiger partial charge on any atom is -0.372 e. The van der Waals surface area contributed by atoms with Crippen LogP contribution in [0.1, 0.15) is 37.5 Å². The van der Waals surface area contributed by atoms with Crippen LogP contribution in [0.2, 0.25) is 0 Å². The highest BCUT2D eigenvalue weighted by molar-refractivity contribution is 5.49. The van der Waals surface area contributed by atoms with E-state index in [1.54, 1.807) is 0 Å². The van der Waals surface area contributed by atoms with Gasteiger partial charge in [-0.1, -0.05) is 42.0 Å². The predicted molar refractivity (Wildman–Crippen MR) is 102 cm³/mol. The number of morpholine rings is 1. The Morgan fingerprint density at radius 1 is 0.875 bits per heavy atom. The molecule has 2 nitrogen and oxygen atoms in total. The number of rotatable bonds is 4. The summed E-state index contributed by atoms with van der Waals surface area (Å²) in [5, 5.41) is 0. The molecule has 0 bridgehead atoms. The molecule has 24 heavy (non-hydrogen) atoms. The number of ether oxygens (including phenoxy) is 1. The molecular weight excluding hydrogens is 294 g/mol. The molecule has 1 fully saturated rings. The zero-order valence-corrected chi connectivity index (χ0v) is 15.3. The molecule has 2 aromatic rings. The highest BCUT2D eigenvalue weighted by atomic mass is 16.5. The summed E-state index contributed by atoms with van der Waals surface area (Å²) in [5.41, 5.74) is 5.45. The van der Waals surface area contributed by atoms with Crippen molar-refractivity contribution in [1.29, 1.82) is 0 Å². The second-order valence-corrected chi connectivity index (χ2v) is 7.20. The second kappa shape index (κ2) is 7.40. The van der Waals surface area contributed by atoms with Gasteiger partial charge in [0.2, 0.25) is 0 Å². The average Bonchev–Trinajstić information content (AvgIpc) is 2.58. The van der Waals surface area contributed by atoms with E-state index in [4.69, 9.17) is 4.74 Å². The molecule has 1 heterocycles. The molecule has 2 heteroatoms. The molecule has 0 saturated carbocycles. The quantitative estimate of drug-likeness (QED) is 0.802. The summed E-state index contributed by atoms with van der Waals surface area (Å²) < 4.78 is 5.93. The normalized spacial score (nSPS) is 24.2. The fourth-order valence-electron chi connectivity index (χ4n) is 3.46. The van der Waals surface area contributed by atoms with E-state index in [9.17, 15) is 0 Å². The molecule has 1 unspecified atom stereocenters. The summed E-state index contributed by atoms with van der Waals surface area (Å²) >= 11 is 0. The first-order valence-corrected chi connectivity index (χ1v) is 9.09. The van der Waals surface area contributed by atoms with Gasteiger partial charge in [0.1, 0.15) is 0 Å². The van der Waals surface area contributed by atoms with Crippen LogP contribution in [0.3, 0.4) is 0 Å². The minimum absolute atomic E-state index is 0.273. The van der Waals surface area contributed by atoms with E-state index in [1.807, 2.05) is 0 Å². The van der Waals surface area contributed by atoms with E-state index in [2.05, 4.69) is 81.1 Å². The number of benzene rings is 2. The van der Waals surface area contributed by atoms with Gasteiger partial charge in [-0.2, -0.15) is 0 Å². The summed E-state index contributed by atoms with van der Waals surface area (Å²) in [6, 6.07) is 18.4. The lowest BCUT2D eigenvalue weighted by Gasteiger charge is -2.42. The molecule has 1 saturated heterocycles. The second-order valence-electron chi connectivity index (χ2n) is 7.20. The molecule has 2 aromatic carbocycles. The summed E-state index contributed by atoms with van der Waals surface area (Å²) in [7, 11) is 0. The van der Waals surface area contributed by atoms with E-state index >= 15 is 0 Å². The molecule has 0 amide bonds. The van der Waals surface area contributed by atoms with Crippen LogP contribution < -0.4 is 4.90 Å². The maximum atomic E-state index is 5.93. The van der Waals surface area contributed by atoms with Crippen LogP contribution in [0.25, 0.3) is 0 Å². The first kappa shape index (κ1) is 17.0. The van der Waals surface area contributed by atoms with Gasteiger partial charge in [-0.25, -0.2) is 0 Å². The summed E-state index contributed by atoms with van der Waals surface area (Å²) in [6.07, 6.45) is 2.75. The topological polar surface area (TPSA) is 12.5 Å². The third-order valence-corrected chi connectivity index (χ3v) is 5.16. The van der Waals surface area contributed by atoms with Crippen molar-refractivity contribution in [2.45, 2.75) is 58.8 Å². The van der Waals surface area contributed by atoms with E-state index in [1.165, 1.54) is 22.4 Å². The molecule has 1 aliphatic rings. The van der Waals surface area contributed by atoms with Crippen LogP contribution in [0.5, 0.6) is 0 Å². The van der Waals surface area contributed by atoms with E-state index in [0.29, 0.717) is 6.04 Å². The largest absolute Gasteiger partial charge is 0.372 e. The van der Waals surface area contributed by atoms with Crippen LogP contribution >= 0.6 is 0 Å². The van der Waals surface area contributed by atoms with Crippen molar-refractivity contribution in [3.05, 3.63) is 65.2 Å². The fourth-order valence-corrected chi connectivity index (χ4v) is 3.46. The third-order valence-electron chi connectivity index (χ3n) is 5.16. The van der Waals surface area contributed by atoms with Gasteiger partial charge in [0, 0.05) is 12.2 Å². The fraction of sp³-hybridized carbons (Fsp3) is 0.455. The van der Waals surface area contributed by atoms with Crippen LogP contribution in [0.15, 0.2) is 48.5 Å². The van der Waals surface area contributed by atoms with Crippen LogP contribution in [0.4, 0.5) is 5.69 Å². The molecule has 0 spiro atoms. The molecular formula is C22H29NO. The smallest absolute Gasteiger partial charge is 0.0751 e. The zero-order chi connectivity index (χ0) is 17.1. The van der Waals surface area contributed by atoms with Gasteiger partial charge in [0.05, 0.1) is 18.2 Å². The van der Waals surface area contributed by atoms with Gasteiger partial charge < -0.3 is 9.64 Å². The van der Waals surface area contributed by atoms with Crippen molar-refractivity contribution in [2.24, 2.45) is 0 Å². The van der Waals surface area contributed by atoms with Crippen molar-refractivity contribution in [2.75, 3.05) is 11.4 Å². The number of hydrogen-bond acceptors (Lipinski definition) is 2. The van der Waals surface area contributed by atoms with E-state index < -0.39 is 0 Å². The van der Waals surface area contributed by atoms with E-state index in [0.717, 1.165) is 19.4 Å². The zero-order valence-electron chi connectivity index (χ0n) is 15.3. The molecule has 3 atom stereocenters. The number of nitrogens with zero attached hydrogens (tertiary/aromatic N) is 1. The maximum absolute atomic E-state index is 5.93. The Morgan fingerprint density at radius 3 is 2.00 bits per heavy atom. The van der Waals surface area contributed by atoms with Crippen molar-refractivity contribution in [1.82, 2.24) is 0 Å². The van der Waals surface area contributed by atoms with Gasteiger partial charge in [0.25, 0.3) is 0 Å². The lowest BCUT2D eigenvalue weighted by atomic mass is 10.0. The monoisotopic (exact) mass is 323 g/mol. The molecule has 0 N–H and O–H groups in total. The molecule has 3 rings (SSSR count). The first-order valence-electron chi connectivity index (χ1n) is 9.09. The number of anilines is 1. The number of aryl methyl sites for hydroxylation is 3. The van der Waals surface area contributed by atoms with Gasteiger partial charge in [0.15, 0.2) is 0 Å². The molecule has 0 aliphatic carbocycles. The van der Waals surface area contributed by atoms with Crippen LogP contribution in [0, 0.1) is 6.92 Å². The summed E-state index contributed by atoms with van der Waals surface area (Å²) in [4.78, 5) is 2.47. The van der Waals surface area contributed by atoms with Crippen molar-refractivity contribution in [3.8, 4) is 0 Å². The Morgan fingerprint density at radius 2 is 1.42 bits per heavy atom. The van der Waals surface area contributed by atoms with Crippen molar-refractivity contribution in [3.63, 3.8) is 0 Å². The lowest BCUT2D eigenvalue weighted by Crippen LogP contribution is -2.52. The molecule has 1 aliphatic heterocycles. The Bertz CT molecular complexity index is 647. The highest BCUT2D eigenvalue weighted by Gasteiger charge is 2.29. The molecule has 128 valence electrons. The molecule has 0 aromatic heterocycles. The Kier molecular flexibility index (Phi) is 5.25. The molecule has 0 radical (unpaired) electrons. The number of hydrogen-bond donors (Lipinski definition) is 0. The lowest BCUT2D eigenvalue weighted by molar-refractivity contribution is -0.0257. The van der Waals surface area contributed by atoms with Gasteiger partial charge >= 0.3 is 0 Å². The third kappa shape index (κ3) is 3.99. The minimum atomic E-state index is 0.273. The Balaban J connectivity index is 1.63. The van der Waals surface area contributed by atoms with Crippen molar-refractivity contribution >= 4 is 5.69 Å². The maximum Gasteiger partial charge on any atom is 0.0751 e. The first-order chi connectivity index (χ1) is 11.5. The van der Waals surface area contributed by atoms with E-state index in [-0.39, 0.29) is 12.2 Å². The summed E-state index contributed by atoms with van der Waals surface area (Å²) in [6.45, 7) is 9.68. The van der Waals surface area contributed by atoms with Crippen LogP contribution in [-0.2, 0) is 17.6 Å². The highest BCUT2D eigenvalue weighted by Crippen LogP contribution is 2.25. The Hall–Kier alpha value is -1.80. The SMILES string of the molecule is Cc1ccc(CCc2ccc(N3C[C@H](C)O[C@H](C)C3C)cc2)cc1. The van der Waals surface area contributed by atoms with Gasteiger partial charge in [-0.3, -0.25) is 0 Å². The standard InChI is InChI=1S/C22H29NO/c1-16-5-7-20(8-6-16)9-10-21-11-13-22(14-12-21)23-15-17(2)24-19(4)18(23)3/h5-8,11-14,17-19H,9-10,15H2,1-4H3/t17-,18?,19+/m0/s1. The van der Waals surface area contributed by atoms with Gasteiger partial charge in [-0.05, 0) is 63.8 Å². The average molecular weight is 323 g/mol. The Labute approximate surface area is 146 Å². The summed E-state index contributed by atoms with van der Waals surface area (Å²) in [5.74, 6) is 0.